The van der Waals surface area contributed by atoms with Crippen LogP contribution in [0.4, 0.5) is 5.69 Å². The summed E-state index contributed by atoms with van der Waals surface area (Å²) in [6.45, 7) is 1.22. The molecule has 0 aliphatic carbocycles. The first kappa shape index (κ1) is 20.4. The van der Waals surface area contributed by atoms with E-state index >= 15 is 0 Å². The van der Waals surface area contributed by atoms with Crippen molar-refractivity contribution in [3.63, 3.8) is 0 Å². The predicted octanol–water partition coefficient (Wildman–Crippen LogP) is 0.642. The van der Waals surface area contributed by atoms with Crippen LogP contribution in [0.25, 0.3) is 10.9 Å². The molecule has 3 aromatic rings. The molecular weight excluding hydrogens is 398 g/mol. The average molecular weight is 417 g/mol. The van der Waals surface area contributed by atoms with E-state index in [0.29, 0.717) is 17.2 Å². The second-order valence-electron chi connectivity index (χ2n) is 6.59. The van der Waals surface area contributed by atoms with Crippen LogP contribution in [0, 0.1) is 6.92 Å². The van der Waals surface area contributed by atoms with Crippen molar-refractivity contribution < 1.29 is 18.0 Å². The summed E-state index contributed by atoms with van der Waals surface area (Å²) >= 11 is 0. The Morgan fingerprint density at radius 3 is 2.72 bits per heavy atom. The topological polar surface area (TPSA) is 134 Å². The molecule has 2 aromatic heterocycles. The zero-order valence-corrected chi connectivity index (χ0v) is 16.8. The van der Waals surface area contributed by atoms with Crippen LogP contribution in [-0.2, 0) is 21.9 Å². The number of carbonyl (C=O) groups excluding carboxylic acids is 2. The number of H-pyrrole nitrogens is 1. The van der Waals surface area contributed by atoms with E-state index in [4.69, 9.17) is 0 Å². The van der Waals surface area contributed by atoms with Gasteiger partial charge in [0.15, 0.2) is 6.29 Å². The van der Waals surface area contributed by atoms with Gasteiger partial charge in [-0.05, 0) is 30.7 Å². The average Bonchev–Trinajstić information content (AvgIpc) is 3.06. The summed E-state index contributed by atoms with van der Waals surface area (Å²) < 4.78 is 28.3. The molecule has 152 valence electrons. The third-order valence-electron chi connectivity index (χ3n) is 4.36. The minimum Gasteiger partial charge on any atom is -0.325 e. The van der Waals surface area contributed by atoms with Crippen molar-refractivity contribution in [2.24, 2.45) is 7.05 Å². The third kappa shape index (κ3) is 3.96. The molecule has 0 radical (unpaired) electrons. The van der Waals surface area contributed by atoms with Crippen molar-refractivity contribution in [3.05, 3.63) is 52.1 Å². The van der Waals surface area contributed by atoms with Crippen LogP contribution in [0.1, 0.15) is 16.1 Å². The summed E-state index contributed by atoms with van der Waals surface area (Å²) in [6.07, 6.45) is 2.05. The van der Waals surface area contributed by atoms with E-state index in [1.54, 1.807) is 20.0 Å². The second kappa shape index (κ2) is 7.60. The summed E-state index contributed by atoms with van der Waals surface area (Å²) in [7, 11) is -1.24. The van der Waals surface area contributed by atoms with Gasteiger partial charge >= 0.3 is 0 Å². The number of nitrogens with zero attached hydrogens (tertiary/aromatic N) is 3. The van der Waals surface area contributed by atoms with Crippen LogP contribution in [0.5, 0.6) is 0 Å². The van der Waals surface area contributed by atoms with Crippen molar-refractivity contribution in [2.45, 2.75) is 11.8 Å². The Hall–Kier alpha value is -3.31. The van der Waals surface area contributed by atoms with E-state index in [0.717, 1.165) is 4.31 Å². The molecule has 2 heterocycles. The number of anilines is 1. The highest BCUT2D eigenvalue weighted by Crippen LogP contribution is 2.27. The number of fused-ring (bicyclic) bond motifs is 1. The number of likely N-dealkylation sites (N-methyl/N-ethyl adjacent to an activating group) is 1. The monoisotopic (exact) mass is 417 g/mol. The highest BCUT2D eigenvalue weighted by atomic mass is 32.2. The van der Waals surface area contributed by atoms with Crippen LogP contribution in [0.2, 0.25) is 0 Å². The number of nitrogens with one attached hydrogen (secondary N) is 2. The van der Waals surface area contributed by atoms with E-state index in [1.807, 2.05) is 0 Å². The largest absolute Gasteiger partial charge is 0.325 e. The molecule has 0 unspecified atom stereocenters. The maximum absolute atomic E-state index is 13.0. The van der Waals surface area contributed by atoms with E-state index < -0.39 is 22.5 Å². The Bertz CT molecular complexity index is 1280. The van der Waals surface area contributed by atoms with Gasteiger partial charge in [0.2, 0.25) is 15.9 Å². The number of aromatic nitrogens is 3. The van der Waals surface area contributed by atoms with Gasteiger partial charge in [0, 0.05) is 37.4 Å². The highest BCUT2D eigenvalue weighted by Gasteiger charge is 2.27. The molecule has 3 rings (SSSR count). The second-order valence-corrected chi connectivity index (χ2v) is 8.60. The predicted molar refractivity (Wildman–Crippen MR) is 106 cm³/mol. The molecule has 0 aliphatic heterocycles. The van der Waals surface area contributed by atoms with Gasteiger partial charge in [-0.2, -0.15) is 9.40 Å². The van der Waals surface area contributed by atoms with Gasteiger partial charge in [-0.15, -0.1) is 0 Å². The van der Waals surface area contributed by atoms with Gasteiger partial charge in [0.1, 0.15) is 16.1 Å². The molecule has 1 amide bonds. The fourth-order valence-corrected chi connectivity index (χ4v) is 4.17. The van der Waals surface area contributed by atoms with Crippen LogP contribution in [0.15, 0.2) is 40.2 Å². The van der Waals surface area contributed by atoms with Gasteiger partial charge in [-0.1, -0.05) is 0 Å². The number of pyridine rings is 1. The Balaban J connectivity index is 1.87. The van der Waals surface area contributed by atoms with Crippen LogP contribution in [-0.4, -0.2) is 53.3 Å². The number of sulfonamides is 1. The molecule has 2 N–H and O–H groups in total. The first-order chi connectivity index (χ1) is 13.6. The molecule has 0 atom stereocenters. The van der Waals surface area contributed by atoms with E-state index in [2.05, 4.69) is 15.5 Å². The standard InChI is InChI=1S/C18H19N5O5S/c1-11-6-13-14(10-24)20-21-18(13)15(7-11)29(27,28)23(3)9-16(25)19-12-4-5-22(2)17(26)8-12/h4-8,10H,9H2,1-3H3,(H,19,25)(H,20,21). The number of aromatic amines is 1. The van der Waals surface area contributed by atoms with Gasteiger partial charge < -0.3 is 9.88 Å². The molecule has 0 saturated heterocycles. The number of benzene rings is 1. The molecule has 10 nitrogen and oxygen atoms in total. The number of carbonyl (C=O) groups is 2. The molecule has 0 saturated carbocycles. The SMILES string of the molecule is Cc1cc(S(=O)(=O)N(C)CC(=O)Nc2ccn(C)c(=O)c2)c2n[nH]c(C=O)c2c1. The summed E-state index contributed by atoms with van der Waals surface area (Å²) in [5, 5.41) is 9.34. The minimum atomic E-state index is -4.08. The van der Waals surface area contributed by atoms with Crippen LogP contribution >= 0.6 is 0 Å². The van der Waals surface area contributed by atoms with Gasteiger partial charge in [0.05, 0.1) is 6.54 Å². The Labute approximate surface area is 166 Å². The van der Waals surface area contributed by atoms with E-state index in [-0.39, 0.29) is 27.4 Å². The van der Waals surface area contributed by atoms with Crippen LogP contribution in [0.3, 0.4) is 0 Å². The van der Waals surface area contributed by atoms with E-state index in [1.165, 1.54) is 36.0 Å². The molecule has 11 heteroatoms. The normalized spacial score (nSPS) is 11.7. The molecular formula is C18H19N5O5S. The first-order valence-electron chi connectivity index (χ1n) is 8.50. The van der Waals surface area contributed by atoms with Gasteiger partial charge in [-0.25, -0.2) is 8.42 Å². The van der Waals surface area contributed by atoms with Crippen molar-refractivity contribution in [1.29, 1.82) is 0 Å². The fourth-order valence-electron chi connectivity index (χ4n) is 2.81. The summed E-state index contributed by atoms with van der Waals surface area (Å²) in [4.78, 5) is 35.0. The lowest BCUT2D eigenvalue weighted by Crippen LogP contribution is -2.35. The zero-order valence-electron chi connectivity index (χ0n) is 16.0. The quantitative estimate of drug-likeness (QED) is 0.565. The Kier molecular flexibility index (Phi) is 5.36. The molecule has 1 aromatic carbocycles. The Morgan fingerprint density at radius 1 is 1.34 bits per heavy atom. The fraction of sp³-hybridized carbons (Fsp3) is 0.222. The smallest absolute Gasteiger partial charge is 0.252 e. The van der Waals surface area contributed by atoms with Crippen molar-refractivity contribution >= 4 is 38.8 Å². The number of aryl methyl sites for hydroxylation is 2. The van der Waals surface area contributed by atoms with Gasteiger partial charge in [0.25, 0.3) is 5.56 Å². The van der Waals surface area contributed by atoms with Crippen molar-refractivity contribution in [2.75, 3.05) is 18.9 Å². The third-order valence-corrected chi connectivity index (χ3v) is 6.17. The molecule has 0 bridgehead atoms. The summed E-state index contributed by atoms with van der Waals surface area (Å²) in [5.41, 5.74) is 0.876. The molecule has 29 heavy (non-hydrogen) atoms. The van der Waals surface area contributed by atoms with Crippen molar-refractivity contribution in [3.8, 4) is 0 Å². The summed E-state index contributed by atoms with van der Waals surface area (Å²) in [6, 6.07) is 5.86. The molecule has 0 aliphatic rings. The molecule has 0 fully saturated rings. The maximum Gasteiger partial charge on any atom is 0.252 e. The number of hydrogen-bond acceptors (Lipinski definition) is 6. The van der Waals surface area contributed by atoms with Gasteiger partial charge in [-0.3, -0.25) is 19.5 Å². The summed E-state index contributed by atoms with van der Waals surface area (Å²) in [5.74, 6) is -0.608. The lowest BCUT2D eigenvalue weighted by Gasteiger charge is -2.17. The zero-order chi connectivity index (χ0) is 21.3. The maximum atomic E-state index is 13.0. The Morgan fingerprint density at radius 2 is 2.07 bits per heavy atom. The highest BCUT2D eigenvalue weighted by molar-refractivity contribution is 7.89. The number of rotatable bonds is 6. The number of amides is 1. The lowest BCUT2D eigenvalue weighted by atomic mass is 10.1. The van der Waals surface area contributed by atoms with E-state index in [9.17, 15) is 22.8 Å². The number of aldehydes is 1. The van der Waals surface area contributed by atoms with Crippen molar-refractivity contribution in [1.82, 2.24) is 19.1 Å². The molecule has 0 spiro atoms. The first-order valence-corrected chi connectivity index (χ1v) is 9.94. The number of hydrogen-bond donors (Lipinski definition) is 2. The lowest BCUT2D eigenvalue weighted by molar-refractivity contribution is -0.116. The van der Waals surface area contributed by atoms with Crippen LogP contribution < -0.4 is 10.9 Å². The minimum absolute atomic E-state index is 0.110.